The molecule has 2 aliphatic rings. The number of carbonyl (C=O) groups is 2. The maximum absolute atomic E-state index is 13.4. The molecular weight excluding hydrogens is 551 g/mol. The first-order valence-corrected chi connectivity index (χ1v) is 12.5. The highest BCUT2D eigenvalue weighted by molar-refractivity contribution is 6.28. The molecule has 2 heterocycles. The zero-order valence-electron chi connectivity index (χ0n) is 20.7. The molecule has 0 bridgehead atoms. The number of carbonyl (C=O) groups excluding carboxylic acids is 1. The zero-order chi connectivity index (χ0) is 28.5. The average Bonchev–Trinajstić information content (AvgIpc) is 2.93. The van der Waals surface area contributed by atoms with E-state index in [0.29, 0.717) is 29.5 Å². The number of hydrogen-bond acceptors (Lipinski definition) is 6. The van der Waals surface area contributed by atoms with E-state index in [-0.39, 0.29) is 35.4 Å². The quantitative estimate of drug-likeness (QED) is 0.362. The minimum atomic E-state index is -4.50. The summed E-state index contributed by atoms with van der Waals surface area (Å²) in [6.45, 7) is 0.143. The molecule has 1 atom stereocenters. The molecule has 0 saturated heterocycles. The van der Waals surface area contributed by atoms with E-state index in [2.05, 4.69) is 15.5 Å². The third-order valence-corrected chi connectivity index (χ3v) is 6.92. The van der Waals surface area contributed by atoms with Crippen LogP contribution in [0.4, 0.5) is 19.0 Å². The molecule has 1 amide bonds. The molecule has 0 saturated carbocycles. The molecule has 40 heavy (non-hydrogen) atoms. The Balaban J connectivity index is 1.46. The lowest BCUT2D eigenvalue weighted by Crippen LogP contribution is -2.49. The van der Waals surface area contributed by atoms with Gasteiger partial charge in [-0.3, -0.25) is 4.79 Å². The van der Waals surface area contributed by atoms with E-state index in [9.17, 15) is 27.9 Å². The molecule has 1 unspecified atom stereocenters. The van der Waals surface area contributed by atoms with Gasteiger partial charge in [-0.25, -0.2) is 4.79 Å². The molecule has 2 N–H and O–H groups in total. The Morgan fingerprint density at radius 1 is 1.10 bits per heavy atom. The molecule has 0 spiro atoms. The lowest BCUT2D eigenvalue weighted by atomic mass is 9.78. The molecule has 1 aliphatic heterocycles. The molecule has 1 aromatic heterocycles. The second-order valence-corrected chi connectivity index (χ2v) is 9.53. The summed E-state index contributed by atoms with van der Waals surface area (Å²) in [6, 6.07) is 12.0. The molecule has 12 heteroatoms. The molecule has 2 aromatic carbocycles. The van der Waals surface area contributed by atoms with Crippen LogP contribution in [0.25, 0.3) is 11.1 Å². The molecule has 0 radical (unpaired) electrons. The van der Waals surface area contributed by atoms with Gasteiger partial charge >= 0.3 is 12.1 Å². The van der Waals surface area contributed by atoms with Gasteiger partial charge in [0.2, 0.25) is 5.60 Å². The van der Waals surface area contributed by atoms with Crippen LogP contribution in [0, 0.1) is 0 Å². The molecule has 3 aromatic rings. The van der Waals surface area contributed by atoms with Crippen molar-refractivity contribution >= 4 is 29.3 Å². The van der Waals surface area contributed by atoms with E-state index in [1.54, 1.807) is 12.1 Å². The van der Waals surface area contributed by atoms with Crippen molar-refractivity contribution in [2.24, 2.45) is 0 Å². The van der Waals surface area contributed by atoms with Crippen LogP contribution in [-0.2, 0) is 15.7 Å². The second-order valence-electron chi connectivity index (χ2n) is 9.16. The standard InChI is InChI=1S/C28H21ClF3N3O5/c29-23-14-21-17(15-39-23)4-3-12-27(21,26(37)38)40-22-6-2-1-5-20(22)25(36)34-24-19(11-13-33-35-24)16-7-9-18(10-8-16)28(30,31)32/h1-2,5-11,13-14H,3-4,12,15H2,(H,37,38)(H,34,35,36). The molecule has 1 aliphatic carbocycles. The van der Waals surface area contributed by atoms with Crippen molar-refractivity contribution in [3.05, 3.63) is 94.4 Å². The Hall–Kier alpha value is -4.38. The van der Waals surface area contributed by atoms with E-state index < -0.39 is 29.2 Å². The fraction of sp³-hybridized carbons (Fsp3) is 0.214. The Labute approximate surface area is 231 Å². The fourth-order valence-corrected chi connectivity index (χ4v) is 4.92. The number of nitrogens with zero attached hydrogens (tertiary/aromatic N) is 2. The fourth-order valence-electron chi connectivity index (χ4n) is 4.76. The molecule has 8 nitrogen and oxygen atoms in total. The Kier molecular flexibility index (Phi) is 7.24. The van der Waals surface area contributed by atoms with Crippen LogP contribution in [0.3, 0.4) is 0 Å². The van der Waals surface area contributed by atoms with Gasteiger partial charge in [-0.15, -0.1) is 5.10 Å². The van der Waals surface area contributed by atoms with Crippen molar-refractivity contribution in [1.82, 2.24) is 10.2 Å². The topological polar surface area (TPSA) is 111 Å². The number of benzene rings is 2. The van der Waals surface area contributed by atoms with Gasteiger partial charge in [0.15, 0.2) is 11.0 Å². The SMILES string of the molecule is O=C(Nc1nnccc1-c1ccc(C(F)(F)F)cc1)c1ccccc1OC1(C(=O)O)CCCC2=C1C=C(Cl)OC2. The van der Waals surface area contributed by atoms with Crippen molar-refractivity contribution < 1.29 is 37.3 Å². The van der Waals surface area contributed by atoms with Crippen LogP contribution >= 0.6 is 11.6 Å². The number of halogens is 4. The van der Waals surface area contributed by atoms with Crippen LogP contribution in [0.2, 0.25) is 0 Å². The summed E-state index contributed by atoms with van der Waals surface area (Å²) in [7, 11) is 0. The van der Waals surface area contributed by atoms with Gasteiger partial charge in [-0.1, -0.05) is 24.3 Å². The number of nitrogens with one attached hydrogen (secondary N) is 1. The van der Waals surface area contributed by atoms with Crippen molar-refractivity contribution in [2.75, 3.05) is 11.9 Å². The van der Waals surface area contributed by atoms with Gasteiger partial charge in [0, 0.05) is 23.6 Å². The van der Waals surface area contributed by atoms with Crippen LogP contribution < -0.4 is 10.1 Å². The number of para-hydroxylation sites is 1. The zero-order valence-corrected chi connectivity index (χ0v) is 21.4. The van der Waals surface area contributed by atoms with Gasteiger partial charge in [0.1, 0.15) is 12.4 Å². The Morgan fingerprint density at radius 3 is 2.58 bits per heavy atom. The van der Waals surface area contributed by atoms with E-state index >= 15 is 0 Å². The number of rotatable bonds is 6. The van der Waals surface area contributed by atoms with E-state index in [1.807, 2.05) is 0 Å². The predicted molar refractivity (Wildman–Crippen MR) is 139 cm³/mol. The average molecular weight is 572 g/mol. The number of aliphatic carboxylic acids is 1. The highest BCUT2D eigenvalue weighted by Gasteiger charge is 2.48. The molecule has 5 rings (SSSR count). The number of amides is 1. The van der Waals surface area contributed by atoms with E-state index in [0.717, 1.165) is 17.7 Å². The molecular formula is C28H21ClF3N3O5. The highest BCUT2D eigenvalue weighted by atomic mass is 35.5. The Bertz CT molecular complexity index is 1540. The summed E-state index contributed by atoms with van der Waals surface area (Å²) < 4.78 is 50.5. The number of anilines is 1. The third kappa shape index (κ3) is 5.24. The maximum atomic E-state index is 13.4. The smallest absolute Gasteiger partial charge is 0.416 e. The van der Waals surface area contributed by atoms with E-state index in [1.165, 1.54) is 42.6 Å². The maximum Gasteiger partial charge on any atom is 0.416 e. The van der Waals surface area contributed by atoms with Crippen LogP contribution in [0.5, 0.6) is 5.75 Å². The summed E-state index contributed by atoms with van der Waals surface area (Å²) in [5, 5.41) is 20.7. The summed E-state index contributed by atoms with van der Waals surface area (Å²) in [4.78, 5) is 26.1. The number of ether oxygens (including phenoxy) is 2. The lowest BCUT2D eigenvalue weighted by molar-refractivity contribution is -0.153. The molecule has 206 valence electrons. The largest absolute Gasteiger partial charge is 0.478 e. The number of carboxylic acid groups (broad SMARTS) is 1. The second kappa shape index (κ2) is 10.6. The first kappa shape index (κ1) is 27.2. The van der Waals surface area contributed by atoms with E-state index in [4.69, 9.17) is 21.1 Å². The lowest BCUT2D eigenvalue weighted by Gasteiger charge is -2.38. The number of carboxylic acids is 1. The van der Waals surface area contributed by atoms with Crippen LogP contribution in [0.15, 0.2) is 83.2 Å². The van der Waals surface area contributed by atoms with Gasteiger partial charge in [-0.2, -0.15) is 18.3 Å². The summed E-state index contributed by atoms with van der Waals surface area (Å²) >= 11 is 6.06. The summed E-state index contributed by atoms with van der Waals surface area (Å²) in [6.07, 6.45) is -0.437. The highest BCUT2D eigenvalue weighted by Crippen LogP contribution is 2.42. The number of alkyl halides is 3. The minimum Gasteiger partial charge on any atom is -0.478 e. The minimum absolute atomic E-state index is 0.00295. The van der Waals surface area contributed by atoms with Gasteiger partial charge < -0.3 is 19.9 Å². The number of hydrogen-bond donors (Lipinski definition) is 2. The normalized spacial score (nSPS) is 18.8. The monoisotopic (exact) mass is 571 g/mol. The first-order valence-electron chi connectivity index (χ1n) is 12.1. The van der Waals surface area contributed by atoms with Crippen molar-refractivity contribution in [1.29, 1.82) is 0 Å². The molecule has 0 fully saturated rings. The first-order chi connectivity index (χ1) is 19.1. The van der Waals surface area contributed by atoms with Gasteiger partial charge in [0.05, 0.1) is 17.3 Å². The Morgan fingerprint density at radius 2 is 1.85 bits per heavy atom. The van der Waals surface area contributed by atoms with Crippen molar-refractivity contribution in [2.45, 2.75) is 31.0 Å². The van der Waals surface area contributed by atoms with Gasteiger partial charge in [0.25, 0.3) is 5.91 Å². The van der Waals surface area contributed by atoms with Crippen LogP contribution in [0.1, 0.15) is 35.2 Å². The summed E-state index contributed by atoms with van der Waals surface area (Å²) in [5.41, 5.74) is -0.756. The van der Waals surface area contributed by atoms with Crippen LogP contribution in [-0.4, -0.2) is 39.4 Å². The van der Waals surface area contributed by atoms with Gasteiger partial charge in [-0.05, 0) is 65.9 Å². The predicted octanol–water partition coefficient (Wildman–Crippen LogP) is 6.21. The van der Waals surface area contributed by atoms with Crippen molar-refractivity contribution in [3.63, 3.8) is 0 Å². The number of aromatic nitrogens is 2. The third-order valence-electron chi connectivity index (χ3n) is 6.70. The summed E-state index contributed by atoms with van der Waals surface area (Å²) in [5.74, 6) is -1.92. The van der Waals surface area contributed by atoms with Crippen molar-refractivity contribution in [3.8, 4) is 16.9 Å².